The van der Waals surface area contributed by atoms with Crippen LogP contribution in [0.2, 0.25) is 5.02 Å². The number of hydrogen-bond donors (Lipinski definition) is 2. The van der Waals surface area contributed by atoms with Gasteiger partial charge in [0.2, 0.25) is 0 Å². The number of alkyl carbamates (subject to hydrolysis) is 1. The van der Waals surface area contributed by atoms with Crippen molar-refractivity contribution in [1.29, 1.82) is 0 Å². The Kier molecular flexibility index (Phi) is 5.45. The van der Waals surface area contributed by atoms with E-state index in [-0.39, 0.29) is 5.56 Å². The second kappa shape index (κ2) is 9.71. The largest absolute Gasteiger partial charge is 0.444 e. The highest BCUT2D eigenvalue weighted by Crippen LogP contribution is 2.26. The molecule has 6 nitrogen and oxygen atoms in total. The zero-order valence-corrected chi connectivity index (χ0v) is 17.6. The number of benzene rings is 2. The van der Waals surface area contributed by atoms with Gasteiger partial charge in [0.15, 0.2) is 5.78 Å². The van der Waals surface area contributed by atoms with Gasteiger partial charge in [-0.05, 0) is 51.4 Å². The number of rotatable bonds is 6. The number of anilines is 1. The van der Waals surface area contributed by atoms with Crippen LogP contribution in [0.15, 0.2) is 42.3 Å². The molecule has 2 aromatic carbocycles. The van der Waals surface area contributed by atoms with Crippen LogP contribution < -0.4 is 10.6 Å². The molecule has 0 saturated heterocycles. The number of para-hydroxylation sites is 1. The van der Waals surface area contributed by atoms with Gasteiger partial charge in [-0.3, -0.25) is 9.59 Å². The van der Waals surface area contributed by atoms with Gasteiger partial charge in [-0.2, -0.15) is 0 Å². The molecule has 0 fully saturated rings. The molecule has 0 saturated carbocycles. The molecule has 0 bridgehead atoms. The summed E-state index contributed by atoms with van der Waals surface area (Å²) in [6, 6.07) is -2.26. The standard InChI is InChI=1S/C22H24ClFN2O4/c1-13(25-21(29)30-22(2,3)4)17(27)12-14-10-11-16(24)19(23)18(14)20(28)26-15-8-6-5-7-9-15/h5-11,13H,12H2,1-4H3,(H,25,29)(H,26,28)/t13-/m0/s1/i5D,6D,7D,8D,9D. The van der Waals surface area contributed by atoms with Crippen molar-refractivity contribution in [3.63, 3.8) is 0 Å². The van der Waals surface area contributed by atoms with Gasteiger partial charge in [-0.15, -0.1) is 0 Å². The van der Waals surface area contributed by atoms with Gasteiger partial charge in [0.05, 0.1) is 23.5 Å². The smallest absolute Gasteiger partial charge is 0.408 e. The van der Waals surface area contributed by atoms with Crippen LogP contribution in [-0.4, -0.2) is 29.4 Å². The molecule has 0 aliphatic rings. The van der Waals surface area contributed by atoms with Crippen molar-refractivity contribution in [2.75, 3.05) is 5.32 Å². The van der Waals surface area contributed by atoms with Crippen molar-refractivity contribution in [1.82, 2.24) is 5.32 Å². The second-order valence-corrected chi connectivity index (χ2v) is 7.74. The van der Waals surface area contributed by atoms with E-state index in [4.69, 9.17) is 23.2 Å². The SMILES string of the molecule is [2H]c1c([2H])c([2H])c(NC(=O)c2c(CC(=O)[C@H](C)NC(=O)OC(C)(C)C)ccc(F)c2Cl)c([2H])c1[2H]. The van der Waals surface area contributed by atoms with E-state index >= 15 is 0 Å². The zero-order chi connectivity index (χ0) is 26.8. The lowest BCUT2D eigenvalue weighted by atomic mass is 9.98. The summed E-state index contributed by atoms with van der Waals surface area (Å²) in [5, 5.41) is 3.94. The van der Waals surface area contributed by atoms with Crippen LogP contribution in [0.25, 0.3) is 0 Å². The molecule has 0 aromatic heterocycles. The number of carbonyl (C=O) groups excluding carboxylic acids is 3. The van der Waals surface area contributed by atoms with Crippen molar-refractivity contribution >= 4 is 35.1 Å². The van der Waals surface area contributed by atoms with Gasteiger partial charge in [-0.25, -0.2) is 9.18 Å². The highest BCUT2D eigenvalue weighted by Gasteiger charge is 2.25. The van der Waals surface area contributed by atoms with E-state index in [2.05, 4.69) is 10.6 Å². The molecule has 0 aliphatic heterocycles. The minimum absolute atomic E-state index is 0.00380. The Morgan fingerprint density at radius 2 is 1.83 bits per heavy atom. The van der Waals surface area contributed by atoms with Crippen molar-refractivity contribution in [2.24, 2.45) is 0 Å². The molecule has 0 aliphatic carbocycles. The van der Waals surface area contributed by atoms with Crippen LogP contribution in [0.4, 0.5) is 14.9 Å². The Bertz CT molecular complexity index is 1170. The average Bonchev–Trinajstić information content (AvgIpc) is 2.75. The molecule has 0 unspecified atom stereocenters. The minimum atomic E-state index is -1.08. The summed E-state index contributed by atoms with van der Waals surface area (Å²) >= 11 is 6.01. The lowest BCUT2D eigenvalue weighted by Crippen LogP contribution is -2.42. The van der Waals surface area contributed by atoms with Crippen molar-refractivity contribution in [3.8, 4) is 0 Å². The molecule has 2 rings (SSSR count). The molecule has 2 aromatic rings. The number of ether oxygens (including phenoxy) is 1. The van der Waals surface area contributed by atoms with Crippen molar-refractivity contribution in [3.05, 3.63) is 64.3 Å². The van der Waals surface area contributed by atoms with E-state index in [1.807, 2.05) is 0 Å². The third-order valence-corrected chi connectivity index (χ3v) is 4.10. The Balaban J connectivity index is 2.36. The number of halogens is 2. The van der Waals surface area contributed by atoms with E-state index in [0.29, 0.717) is 0 Å². The summed E-state index contributed by atoms with van der Waals surface area (Å²) in [5.41, 5.74) is -1.76. The highest BCUT2D eigenvalue weighted by atomic mass is 35.5. The maximum absolute atomic E-state index is 14.2. The molecule has 2 N–H and O–H groups in total. The van der Waals surface area contributed by atoms with E-state index in [1.165, 1.54) is 6.92 Å². The molecule has 8 heteroatoms. The fourth-order valence-corrected chi connectivity index (χ4v) is 2.65. The van der Waals surface area contributed by atoms with Gasteiger partial charge in [0.1, 0.15) is 11.4 Å². The third kappa shape index (κ3) is 6.56. The topological polar surface area (TPSA) is 84.5 Å². The van der Waals surface area contributed by atoms with Crippen molar-refractivity contribution < 1.29 is 30.4 Å². The summed E-state index contributed by atoms with van der Waals surface area (Å²) in [6.07, 6.45) is -1.25. The Morgan fingerprint density at radius 1 is 1.20 bits per heavy atom. The maximum atomic E-state index is 14.2. The molecule has 0 radical (unpaired) electrons. The molecular formula is C22H24ClFN2O4. The number of carbonyl (C=O) groups is 3. The van der Waals surface area contributed by atoms with E-state index in [1.54, 1.807) is 20.8 Å². The number of ketones is 1. The van der Waals surface area contributed by atoms with Crippen LogP contribution >= 0.6 is 11.6 Å². The molecule has 30 heavy (non-hydrogen) atoms. The number of Topliss-reactive ketones (excluding diaryl/α,β-unsaturated/α-hetero) is 1. The predicted molar refractivity (Wildman–Crippen MR) is 113 cm³/mol. The van der Waals surface area contributed by atoms with Gasteiger partial charge < -0.3 is 15.4 Å². The van der Waals surface area contributed by atoms with Crippen LogP contribution in [0.1, 0.15) is 50.5 Å². The first-order chi connectivity index (χ1) is 16.0. The molecule has 160 valence electrons. The van der Waals surface area contributed by atoms with Crippen LogP contribution in [0.3, 0.4) is 0 Å². The summed E-state index contributed by atoms with van der Waals surface area (Å²) in [6.45, 7) is 6.36. The van der Waals surface area contributed by atoms with E-state index in [9.17, 15) is 18.8 Å². The lowest BCUT2D eigenvalue weighted by Gasteiger charge is -2.21. The summed E-state index contributed by atoms with van der Waals surface area (Å²) in [7, 11) is 0. The van der Waals surface area contributed by atoms with Gasteiger partial charge in [0.25, 0.3) is 5.91 Å². The van der Waals surface area contributed by atoms with Gasteiger partial charge >= 0.3 is 6.09 Å². The van der Waals surface area contributed by atoms with Crippen LogP contribution in [0.5, 0.6) is 0 Å². The maximum Gasteiger partial charge on any atom is 0.408 e. The quantitative estimate of drug-likeness (QED) is 0.679. The lowest BCUT2D eigenvalue weighted by molar-refractivity contribution is -0.120. The molecule has 1 atom stereocenters. The van der Waals surface area contributed by atoms with Gasteiger partial charge in [-0.1, -0.05) is 35.8 Å². The predicted octanol–water partition coefficient (Wildman–Crippen LogP) is 4.76. The first-order valence-corrected chi connectivity index (χ1v) is 9.30. The van der Waals surface area contributed by atoms with Crippen LogP contribution in [-0.2, 0) is 16.0 Å². The Labute approximate surface area is 186 Å². The normalized spacial score (nSPS) is 14.4. The zero-order valence-electron chi connectivity index (χ0n) is 21.8. The Hall–Kier alpha value is -2.93. The summed E-state index contributed by atoms with van der Waals surface area (Å²) in [5.74, 6) is -2.59. The molecule has 0 heterocycles. The number of amides is 2. The van der Waals surface area contributed by atoms with Crippen molar-refractivity contribution in [2.45, 2.75) is 45.8 Å². The molecule has 0 spiro atoms. The Morgan fingerprint density at radius 3 is 2.43 bits per heavy atom. The fourth-order valence-electron chi connectivity index (χ4n) is 2.38. The third-order valence-electron chi connectivity index (χ3n) is 3.73. The molecule has 2 amide bonds. The number of nitrogens with one attached hydrogen (secondary N) is 2. The second-order valence-electron chi connectivity index (χ2n) is 7.36. The number of hydrogen-bond acceptors (Lipinski definition) is 4. The van der Waals surface area contributed by atoms with Gasteiger partial charge in [0, 0.05) is 12.1 Å². The van der Waals surface area contributed by atoms with Crippen LogP contribution in [0, 0.1) is 5.82 Å². The summed E-state index contributed by atoms with van der Waals surface area (Å²) in [4.78, 5) is 37.7. The summed E-state index contributed by atoms with van der Waals surface area (Å²) < 4.78 is 58.2. The molecular weight excluding hydrogens is 411 g/mol. The fraction of sp³-hybridized carbons (Fsp3) is 0.318. The van der Waals surface area contributed by atoms with E-state index in [0.717, 1.165) is 12.1 Å². The first kappa shape index (κ1) is 16.8. The van der Waals surface area contributed by atoms with E-state index < -0.39 is 88.2 Å². The minimum Gasteiger partial charge on any atom is -0.444 e. The first-order valence-electron chi connectivity index (χ1n) is 11.4. The monoisotopic (exact) mass is 439 g/mol. The highest BCUT2D eigenvalue weighted by molar-refractivity contribution is 6.35. The average molecular weight is 440 g/mol.